The summed E-state index contributed by atoms with van der Waals surface area (Å²) in [4.78, 5) is 11.1. The summed E-state index contributed by atoms with van der Waals surface area (Å²) in [6.07, 6.45) is -0.0677. The molecule has 0 aliphatic rings. The minimum Gasteiger partial charge on any atom is -0.370 e. The number of aryl methyl sites for hydroxylation is 1. The van der Waals surface area contributed by atoms with Crippen LogP contribution in [-0.4, -0.2) is 19.9 Å². The van der Waals surface area contributed by atoms with E-state index in [1.807, 2.05) is 0 Å². The highest BCUT2D eigenvalue weighted by molar-refractivity contribution is 9.10. The Kier molecular flexibility index (Phi) is 4.76. The Morgan fingerprint density at radius 2 is 2.00 bits per heavy atom. The van der Waals surface area contributed by atoms with Crippen molar-refractivity contribution in [3.05, 3.63) is 28.2 Å². The quantitative estimate of drug-likeness (QED) is 0.848. The Labute approximate surface area is 121 Å². The second-order valence-corrected chi connectivity index (χ2v) is 7.61. The Balaban J connectivity index is 3.08. The summed E-state index contributed by atoms with van der Waals surface area (Å²) in [5, 5.41) is 0. The van der Waals surface area contributed by atoms with Gasteiger partial charge in [-0.25, -0.2) is 13.1 Å². The van der Waals surface area contributed by atoms with E-state index in [0.29, 0.717) is 5.56 Å². The fourth-order valence-corrected chi connectivity index (χ4v) is 3.92. The molecule has 0 spiro atoms. The zero-order valence-corrected chi connectivity index (χ0v) is 13.4. The fourth-order valence-electron chi connectivity index (χ4n) is 1.80. The third kappa shape index (κ3) is 4.59. The molecule has 0 radical (unpaired) electrons. The average Bonchev–Trinajstić information content (AvgIpc) is 2.11. The molecule has 0 saturated heterocycles. The van der Waals surface area contributed by atoms with Crippen LogP contribution in [0.3, 0.4) is 0 Å². The lowest BCUT2D eigenvalue weighted by molar-refractivity contribution is -0.119. The van der Waals surface area contributed by atoms with E-state index in [1.54, 1.807) is 32.9 Å². The molecule has 1 rings (SSSR count). The van der Waals surface area contributed by atoms with Gasteiger partial charge in [-0.05, 0) is 44.5 Å². The molecule has 0 aliphatic heterocycles. The van der Waals surface area contributed by atoms with Gasteiger partial charge in [0.05, 0.1) is 4.90 Å². The van der Waals surface area contributed by atoms with E-state index in [0.717, 1.165) is 4.47 Å². The van der Waals surface area contributed by atoms with Gasteiger partial charge in [-0.2, -0.15) is 0 Å². The molecule has 0 fully saturated rings. The van der Waals surface area contributed by atoms with E-state index in [9.17, 15) is 13.2 Å². The molecule has 1 aromatic carbocycles. The number of primary amides is 1. The topological polar surface area (TPSA) is 89.3 Å². The van der Waals surface area contributed by atoms with Crippen molar-refractivity contribution in [1.29, 1.82) is 0 Å². The van der Waals surface area contributed by atoms with Gasteiger partial charge in [-0.3, -0.25) is 4.79 Å². The van der Waals surface area contributed by atoms with Crippen LogP contribution in [0.25, 0.3) is 0 Å². The largest absolute Gasteiger partial charge is 0.370 e. The number of nitrogens with one attached hydrogen (secondary N) is 1. The van der Waals surface area contributed by atoms with Crippen molar-refractivity contribution in [2.45, 2.75) is 37.6 Å². The second kappa shape index (κ2) is 5.60. The van der Waals surface area contributed by atoms with Crippen LogP contribution in [-0.2, 0) is 14.8 Å². The van der Waals surface area contributed by atoms with Gasteiger partial charge in [0.25, 0.3) is 0 Å². The molecule has 7 heteroatoms. The second-order valence-electron chi connectivity index (χ2n) is 5.04. The molecule has 106 valence electrons. The number of amides is 1. The van der Waals surface area contributed by atoms with Gasteiger partial charge in [0, 0.05) is 16.4 Å². The molecule has 3 N–H and O–H groups in total. The van der Waals surface area contributed by atoms with Gasteiger partial charge in [-0.15, -0.1) is 0 Å². The fraction of sp³-hybridized carbons (Fsp3) is 0.417. The van der Waals surface area contributed by atoms with Crippen molar-refractivity contribution in [2.24, 2.45) is 5.73 Å². The molecule has 0 aliphatic carbocycles. The Bertz CT molecular complexity index is 597. The van der Waals surface area contributed by atoms with Crippen LogP contribution in [0.5, 0.6) is 0 Å². The standard InChI is InChI=1S/C12H17BrN2O3S/c1-8-6-9(13)4-5-10(8)19(17,18)15-12(2,3)7-11(14)16/h4-6,15H,7H2,1-3H3,(H2,14,16). The molecule has 5 nitrogen and oxygen atoms in total. The van der Waals surface area contributed by atoms with Crippen molar-refractivity contribution in [3.63, 3.8) is 0 Å². The van der Waals surface area contributed by atoms with Gasteiger partial charge < -0.3 is 5.73 Å². The van der Waals surface area contributed by atoms with Crippen molar-refractivity contribution < 1.29 is 13.2 Å². The lowest BCUT2D eigenvalue weighted by Gasteiger charge is -2.24. The number of hydrogen-bond acceptors (Lipinski definition) is 3. The van der Waals surface area contributed by atoms with Crippen molar-refractivity contribution in [1.82, 2.24) is 4.72 Å². The zero-order valence-electron chi connectivity index (χ0n) is 11.0. The van der Waals surface area contributed by atoms with E-state index in [-0.39, 0.29) is 11.3 Å². The van der Waals surface area contributed by atoms with Gasteiger partial charge in [-0.1, -0.05) is 15.9 Å². The number of nitrogens with two attached hydrogens (primary N) is 1. The molecule has 0 heterocycles. The lowest BCUT2D eigenvalue weighted by atomic mass is 10.0. The van der Waals surface area contributed by atoms with Gasteiger partial charge in [0.2, 0.25) is 15.9 Å². The third-order valence-corrected chi connectivity index (χ3v) is 4.80. The summed E-state index contributed by atoms with van der Waals surface area (Å²) in [5.74, 6) is -0.555. The Morgan fingerprint density at radius 1 is 1.42 bits per heavy atom. The maximum atomic E-state index is 12.3. The van der Waals surface area contributed by atoms with Crippen molar-refractivity contribution in [3.8, 4) is 0 Å². The molecule has 1 aromatic rings. The molecule has 0 saturated carbocycles. The average molecular weight is 349 g/mol. The van der Waals surface area contributed by atoms with E-state index >= 15 is 0 Å². The number of sulfonamides is 1. The highest BCUT2D eigenvalue weighted by Crippen LogP contribution is 2.22. The molecule has 0 unspecified atom stereocenters. The van der Waals surface area contributed by atoms with E-state index < -0.39 is 21.5 Å². The van der Waals surface area contributed by atoms with Gasteiger partial charge in [0.15, 0.2) is 0 Å². The number of carbonyl (C=O) groups is 1. The monoisotopic (exact) mass is 348 g/mol. The summed E-state index contributed by atoms with van der Waals surface area (Å²) < 4.78 is 27.9. The van der Waals surface area contributed by atoms with Crippen molar-refractivity contribution >= 4 is 31.9 Å². The number of hydrogen-bond donors (Lipinski definition) is 2. The van der Waals surface area contributed by atoms with E-state index in [1.165, 1.54) is 6.07 Å². The first kappa shape index (κ1) is 16.1. The van der Waals surface area contributed by atoms with E-state index in [2.05, 4.69) is 20.7 Å². The van der Waals surface area contributed by atoms with Crippen LogP contribution in [0.2, 0.25) is 0 Å². The summed E-state index contributed by atoms with van der Waals surface area (Å²) >= 11 is 3.28. The predicted molar refractivity (Wildman–Crippen MR) is 77.1 cm³/mol. The summed E-state index contributed by atoms with van der Waals surface area (Å²) in [6, 6.07) is 4.89. The number of carbonyl (C=O) groups excluding carboxylic acids is 1. The van der Waals surface area contributed by atoms with Gasteiger partial charge >= 0.3 is 0 Å². The molecular formula is C12H17BrN2O3S. The third-order valence-electron chi connectivity index (χ3n) is 2.45. The van der Waals surface area contributed by atoms with Crippen LogP contribution in [0.4, 0.5) is 0 Å². The lowest BCUT2D eigenvalue weighted by Crippen LogP contribution is -2.46. The first-order chi connectivity index (χ1) is 8.53. The highest BCUT2D eigenvalue weighted by Gasteiger charge is 2.28. The normalized spacial score (nSPS) is 12.4. The minimum atomic E-state index is -3.69. The highest BCUT2D eigenvalue weighted by atomic mass is 79.9. The van der Waals surface area contributed by atoms with Crippen LogP contribution >= 0.6 is 15.9 Å². The molecule has 19 heavy (non-hydrogen) atoms. The summed E-state index contributed by atoms with van der Waals surface area (Å²) in [7, 11) is -3.69. The number of halogens is 1. The maximum absolute atomic E-state index is 12.3. The van der Waals surface area contributed by atoms with Crippen LogP contribution < -0.4 is 10.5 Å². The van der Waals surface area contributed by atoms with Crippen LogP contribution in [0, 0.1) is 6.92 Å². The van der Waals surface area contributed by atoms with E-state index in [4.69, 9.17) is 5.73 Å². The first-order valence-electron chi connectivity index (χ1n) is 5.62. The summed E-state index contributed by atoms with van der Waals surface area (Å²) in [5.41, 5.74) is 4.80. The Morgan fingerprint density at radius 3 is 2.47 bits per heavy atom. The Hall–Kier alpha value is -0.920. The molecule has 0 aromatic heterocycles. The molecule has 0 bridgehead atoms. The molecule has 0 atom stereocenters. The first-order valence-corrected chi connectivity index (χ1v) is 7.89. The predicted octanol–water partition coefficient (Wildman–Crippen LogP) is 1.69. The SMILES string of the molecule is Cc1cc(Br)ccc1S(=O)(=O)NC(C)(C)CC(N)=O. The molecule has 1 amide bonds. The minimum absolute atomic E-state index is 0.0677. The number of benzene rings is 1. The van der Waals surface area contributed by atoms with Crippen LogP contribution in [0.1, 0.15) is 25.8 Å². The zero-order chi connectivity index (χ0) is 14.8. The number of rotatable bonds is 5. The summed E-state index contributed by atoms with van der Waals surface area (Å²) in [6.45, 7) is 4.94. The maximum Gasteiger partial charge on any atom is 0.241 e. The smallest absolute Gasteiger partial charge is 0.241 e. The molecular weight excluding hydrogens is 332 g/mol. The van der Waals surface area contributed by atoms with Crippen molar-refractivity contribution in [2.75, 3.05) is 0 Å². The van der Waals surface area contributed by atoms with Crippen LogP contribution in [0.15, 0.2) is 27.6 Å². The van der Waals surface area contributed by atoms with Gasteiger partial charge in [0.1, 0.15) is 0 Å².